The number of carbonyl (C=O) groups is 2. The van der Waals surface area contributed by atoms with Crippen LogP contribution in [0, 0.1) is 0 Å². The van der Waals surface area contributed by atoms with Gasteiger partial charge in [-0.25, -0.2) is 4.98 Å². The Morgan fingerprint density at radius 2 is 1.88 bits per heavy atom. The summed E-state index contributed by atoms with van der Waals surface area (Å²) in [6, 6.07) is 6.89. The average molecular weight is 356 g/mol. The van der Waals surface area contributed by atoms with Crippen molar-refractivity contribution in [1.82, 2.24) is 15.2 Å². The van der Waals surface area contributed by atoms with Crippen molar-refractivity contribution in [3.05, 3.63) is 48.0 Å². The van der Waals surface area contributed by atoms with Crippen LogP contribution in [-0.4, -0.2) is 53.4 Å². The number of pyridine rings is 1. The molecule has 7 nitrogen and oxygen atoms in total. The van der Waals surface area contributed by atoms with E-state index in [9.17, 15) is 9.59 Å². The Hall–Kier alpha value is -2.83. The third-order valence-electron chi connectivity index (χ3n) is 4.12. The van der Waals surface area contributed by atoms with E-state index in [1.54, 1.807) is 35.4 Å². The number of aromatic nitrogens is 1. The topological polar surface area (TPSA) is 78.7 Å². The standard InChI is InChI=1S/C19H24N4O3/c1-19(2,3)21-17(24)14-6-7-20-16(13-14)22-8-10-23(11-9-22)18(25)15-5-4-12-26-15/h4-7,12-13H,8-11H2,1-3H3,(H,21,24). The Bertz CT molecular complexity index is 772. The van der Waals surface area contributed by atoms with Crippen molar-refractivity contribution in [2.45, 2.75) is 26.3 Å². The largest absolute Gasteiger partial charge is 0.459 e. The molecular weight excluding hydrogens is 332 g/mol. The first-order valence-corrected chi connectivity index (χ1v) is 8.70. The van der Waals surface area contributed by atoms with Crippen LogP contribution in [0.4, 0.5) is 5.82 Å². The van der Waals surface area contributed by atoms with Crippen LogP contribution in [-0.2, 0) is 0 Å². The molecule has 3 rings (SSSR count). The summed E-state index contributed by atoms with van der Waals surface area (Å²) in [5, 5.41) is 2.95. The molecule has 0 radical (unpaired) electrons. The van der Waals surface area contributed by atoms with Gasteiger partial charge in [-0.05, 0) is 45.0 Å². The molecule has 3 heterocycles. The minimum Gasteiger partial charge on any atom is -0.459 e. The summed E-state index contributed by atoms with van der Waals surface area (Å²) in [5.74, 6) is 0.891. The van der Waals surface area contributed by atoms with Gasteiger partial charge in [0.1, 0.15) is 5.82 Å². The number of piperazine rings is 1. The molecule has 2 aromatic rings. The highest BCUT2D eigenvalue weighted by atomic mass is 16.3. The molecule has 1 saturated heterocycles. The molecule has 1 aliphatic heterocycles. The second kappa shape index (κ2) is 7.19. The van der Waals surface area contributed by atoms with E-state index >= 15 is 0 Å². The first-order valence-electron chi connectivity index (χ1n) is 8.70. The molecule has 1 N–H and O–H groups in total. The lowest BCUT2D eigenvalue weighted by molar-refractivity contribution is 0.0714. The molecule has 1 aliphatic rings. The second-order valence-electron chi connectivity index (χ2n) is 7.36. The van der Waals surface area contributed by atoms with Gasteiger partial charge in [-0.2, -0.15) is 0 Å². The van der Waals surface area contributed by atoms with Crippen molar-refractivity contribution in [3.8, 4) is 0 Å². The summed E-state index contributed by atoms with van der Waals surface area (Å²) in [5.41, 5.74) is 0.289. The molecule has 0 atom stereocenters. The van der Waals surface area contributed by atoms with E-state index in [4.69, 9.17) is 4.42 Å². The maximum atomic E-state index is 12.3. The lowest BCUT2D eigenvalue weighted by Crippen LogP contribution is -2.49. The van der Waals surface area contributed by atoms with Crippen molar-refractivity contribution in [1.29, 1.82) is 0 Å². The lowest BCUT2D eigenvalue weighted by atomic mass is 10.1. The number of furan rings is 1. The molecule has 7 heteroatoms. The lowest BCUT2D eigenvalue weighted by Gasteiger charge is -2.35. The zero-order valence-electron chi connectivity index (χ0n) is 15.4. The van der Waals surface area contributed by atoms with Crippen molar-refractivity contribution < 1.29 is 14.0 Å². The van der Waals surface area contributed by atoms with Gasteiger partial charge in [0.2, 0.25) is 0 Å². The predicted octanol–water partition coefficient (Wildman–Crippen LogP) is 2.17. The molecule has 0 saturated carbocycles. The van der Waals surface area contributed by atoms with Crippen molar-refractivity contribution in [2.24, 2.45) is 0 Å². The van der Waals surface area contributed by atoms with Gasteiger partial charge in [0.15, 0.2) is 5.76 Å². The highest BCUT2D eigenvalue weighted by Crippen LogP contribution is 2.17. The summed E-state index contributed by atoms with van der Waals surface area (Å²) in [6.45, 7) is 8.32. The van der Waals surface area contributed by atoms with Gasteiger partial charge in [-0.1, -0.05) is 0 Å². The highest BCUT2D eigenvalue weighted by Gasteiger charge is 2.25. The minimum atomic E-state index is -0.293. The Balaban J connectivity index is 1.63. The van der Waals surface area contributed by atoms with Crippen LogP contribution in [0.3, 0.4) is 0 Å². The molecule has 0 aromatic carbocycles. The smallest absolute Gasteiger partial charge is 0.289 e. The highest BCUT2D eigenvalue weighted by molar-refractivity contribution is 5.95. The molecule has 0 aliphatic carbocycles. The van der Waals surface area contributed by atoms with E-state index in [-0.39, 0.29) is 17.4 Å². The normalized spacial score (nSPS) is 15.0. The van der Waals surface area contributed by atoms with Crippen LogP contribution in [0.5, 0.6) is 0 Å². The van der Waals surface area contributed by atoms with E-state index < -0.39 is 0 Å². The molecule has 2 amide bonds. The van der Waals surface area contributed by atoms with E-state index in [0.717, 1.165) is 5.82 Å². The second-order valence-corrected chi connectivity index (χ2v) is 7.36. The summed E-state index contributed by atoms with van der Waals surface area (Å²) in [6.07, 6.45) is 3.15. The van der Waals surface area contributed by atoms with Crippen molar-refractivity contribution in [3.63, 3.8) is 0 Å². The number of anilines is 1. The number of rotatable bonds is 3. The molecule has 26 heavy (non-hydrogen) atoms. The monoisotopic (exact) mass is 356 g/mol. The third kappa shape index (κ3) is 4.22. The maximum Gasteiger partial charge on any atom is 0.289 e. The number of nitrogens with one attached hydrogen (secondary N) is 1. The molecule has 2 aromatic heterocycles. The van der Waals surface area contributed by atoms with Crippen LogP contribution in [0.2, 0.25) is 0 Å². The molecular formula is C19H24N4O3. The number of amides is 2. The number of hydrogen-bond acceptors (Lipinski definition) is 5. The van der Waals surface area contributed by atoms with Gasteiger partial charge >= 0.3 is 0 Å². The molecule has 0 bridgehead atoms. The van der Waals surface area contributed by atoms with E-state index in [2.05, 4.69) is 15.2 Å². The van der Waals surface area contributed by atoms with E-state index in [1.165, 1.54) is 6.26 Å². The summed E-state index contributed by atoms with van der Waals surface area (Å²) in [4.78, 5) is 32.9. The van der Waals surface area contributed by atoms with Gasteiger partial charge in [0, 0.05) is 43.5 Å². The van der Waals surface area contributed by atoms with Crippen molar-refractivity contribution in [2.75, 3.05) is 31.1 Å². The van der Waals surface area contributed by atoms with Crippen LogP contribution in [0.1, 0.15) is 41.7 Å². The first kappa shape index (κ1) is 18.0. The quantitative estimate of drug-likeness (QED) is 0.912. The Kier molecular flexibility index (Phi) is 4.97. The van der Waals surface area contributed by atoms with Crippen LogP contribution in [0.15, 0.2) is 41.1 Å². The Labute approximate surface area is 153 Å². The fourth-order valence-corrected chi connectivity index (χ4v) is 2.84. The zero-order chi connectivity index (χ0) is 18.7. The van der Waals surface area contributed by atoms with Crippen molar-refractivity contribution >= 4 is 17.6 Å². The van der Waals surface area contributed by atoms with Gasteiger partial charge in [-0.3, -0.25) is 9.59 Å². The van der Waals surface area contributed by atoms with Gasteiger partial charge < -0.3 is 19.5 Å². The van der Waals surface area contributed by atoms with Crippen LogP contribution >= 0.6 is 0 Å². The van der Waals surface area contributed by atoms with Gasteiger partial charge in [0.25, 0.3) is 11.8 Å². The average Bonchev–Trinajstić information content (AvgIpc) is 3.14. The molecule has 1 fully saturated rings. The van der Waals surface area contributed by atoms with Crippen LogP contribution in [0.25, 0.3) is 0 Å². The molecule has 0 spiro atoms. The minimum absolute atomic E-state index is 0.0964. The summed E-state index contributed by atoms with van der Waals surface area (Å²) in [7, 11) is 0. The van der Waals surface area contributed by atoms with Gasteiger partial charge in [0.05, 0.1) is 6.26 Å². The van der Waals surface area contributed by atoms with Crippen LogP contribution < -0.4 is 10.2 Å². The Morgan fingerprint density at radius 3 is 2.50 bits per heavy atom. The summed E-state index contributed by atoms with van der Waals surface area (Å²) < 4.78 is 5.18. The number of carbonyl (C=O) groups excluding carboxylic acids is 2. The predicted molar refractivity (Wildman–Crippen MR) is 98.3 cm³/mol. The van der Waals surface area contributed by atoms with E-state index in [1.807, 2.05) is 20.8 Å². The number of nitrogens with zero attached hydrogens (tertiary/aromatic N) is 3. The Morgan fingerprint density at radius 1 is 1.15 bits per heavy atom. The third-order valence-corrected chi connectivity index (χ3v) is 4.12. The SMILES string of the molecule is CC(C)(C)NC(=O)c1ccnc(N2CCN(C(=O)c3ccco3)CC2)c1. The summed E-state index contributed by atoms with van der Waals surface area (Å²) >= 11 is 0. The zero-order valence-corrected chi connectivity index (χ0v) is 15.4. The maximum absolute atomic E-state index is 12.3. The van der Waals surface area contributed by atoms with Gasteiger partial charge in [-0.15, -0.1) is 0 Å². The number of hydrogen-bond donors (Lipinski definition) is 1. The fraction of sp³-hybridized carbons (Fsp3) is 0.421. The van der Waals surface area contributed by atoms with E-state index in [0.29, 0.717) is 37.5 Å². The fourth-order valence-electron chi connectivity index (χ4n) is 2.84. The first-order chi connectivity index (χ1) is 12.3. The molecule has 0 unspecified atom stereocenters. The molecule has 138 valence electrons.